The molecule has 0 aliphatic carbocycles. The highest BCUT2D eigenvalue weighted by Crippen LogP contribution is 2.38. The number of rotatable bonds is 1. The molecule has 0 bridgehead atoms. The average molecular weight is 298 g/mol. The molecule has 2 aliphatic rings. The van der Waals surface area contributed by atoms with E-state index in [1.54, 1.807) is 12.1 Å². The number of hydrogen-bond acceptors (Lipinski definition) is 4. The zero-order chi connectivity index (χ0) is 14.4. The van der Waals surface area contributed by atoms with E-state index >= 15 is 0 Å². The number of hydrogen-bond donors (Lipinski definition) is 1. The minimum absolute atomic E-state index is 0.0793. The van der Waals surface area contributed by atoms with Crippen molar-refractivity contribution in [3.63, 3.8) is 0 Å². The maximum atomic E-state index is 12.5. The number of nitrogens with one attached hydrogen (secondary N) is 1. The highest BCUT2D eigenvalue weighted by molar-refractivity contribution is 7.91. The van der Waals surface area contributed by atoms with Crippen molar-refractivity contribution in [2.24, 2.45) is 11.0 Å². The maximum absolute atomic E-state index is 12.5. The molecule has 1 N–H and O–H groups in total. The third-order valence-corrected chi connectivity index (χ3v) is 5.96. The third kappa shape index (κ3) is 1.88. The summed E-state index contributed by atoms with van der Waals surface area (Å²) in [4.78, 5) is 0.399. The summed E-state index contributed by atoms with van der Waals surface area (Å²) < 4.78 is 25.0. The van der Waals surface area contributed by atoms with E-state index in [-0.39, 0.29) is 17.7 Å². The minimum Gasteiger partial charge on any atom is -0.302 e. The quantitative estimate of drug-likeness (QED) is 0.877. The van der Waals surface area contributed by atoms with Crippen molar-refractivity contribution >= 4 is 15.5 Å². The Balaban J connectivity index is 1.83. The Morgan fingerprint density at radius 1 is 1.00 bits per heavy atom. The summed E-state index contributed by atoms with van der Waals surface area (Å²) in [5.74, 6) is -0.0256. The van der Waals surface area contributed by atoms with Gasteiger partial charge in [0, 0.05) is 11.5 Å². The largest absolute Gasteiger partial charge is 0.302 e. The van der Waals surface area contributed by atoms with E-state index in [4.69, 9.17) is 0 Å². The van der Waals surface area contributed by atoms with Crippen LogP contribution >= 0.6 is 0 Å². The van der Waals surface area contributed by atoms with Crippen LogP contribution < -0.4 is 5.43 Å². The molecule has 0 aromatic heterocycles. The van der Waals surface area contributed by atoms with Gasteiger partial charge in [-0.25, -0.2) is 8.42 Å². The van der Waals surface area contributed by atoms with Crippen molar-refractivity contribution in [1.82, 2.24) is 5.43 Å². The summed E-state index contributed by atoms with van der Waals surface area (Å²) in [5.41, 5.74) is 5.77. The van der Waals surface area contributed by atoms with Crippen LogP contribution in [0.15, 0.2) is 64.6 Å². The van der Waals surface area contributed by atoms with Gasteiger partial charge in [-0.1, -0.05) is 48.5 Å². The summed E-state index contributed by atoms with van der Waals surface area (Å²) in [7, 11) is -3.26. The molecule has 0 fully saturated rings. The van der Waals surface area contributed by atoms with Gasteiger partial charge in [0.05, 0.1) is 22.4 Å². The first kappa shape index (κ1) is 12.6. The van der Waals surface area contributed by atoms with Crippen molar-refractivity contribution in [1.29, 1.82) is 0 Å². The lowest BCUT2D eigenvalue weighted by Crippen LogP contribution is -2.34. The van der Waals surface area contributed by atoms with E-state index < -0.39 is 9.84 Å². The fourth-order valence-corrected chi connectivity index (χ4v) is 4.94. The standard InChI is InChI=1S/C16H14N2O2S/c19-21(20)10-13-15(11-6-2-1-3-7-11)17-18-16(13)12-8-4-5-9-14(12)21/h1-9,13,15,17H,10H2. The Morgan fingerprint density at radius 2 is 1.71 bits per heavy atom. The topological polar surface area (TPSA) is 58.5 Å². The Morgan fingerprint density at radius 3 is 2.52 bits per heavy atom. The molecule has 2 aliphatic heterocycles. The van der Waals surface area contributed by atoms with E-state index in [0.717, 1.165) is 16.8 Å². The highest BCUT2D eigenvalue weighted by Gasteiger charge is 2.42. The van der Waals surface area contributed by atoms with Crippen LogP contribution in [0.5, 0.6) is 0 Å². The van der Waals surface area contributed by atoms with Gasteiger partial charge in [-0.3, -0.25) is 0 Å². The Hall–Kier alpha value is -2.14. The molecule has 106 valence electrons. The summed E-state index contributed by atoms with van der Waals surface area (Å²) in [6.45, 7) is 0. The lowest BCUT2D eigenvalue weighted by atomic mass is 9.88. The molecule has 0 amide bonds. The lowest BCUT2D eigenvalue weighted by Gasteiger charge is -2.26. The van der Waals surface area contributed by atoms with Crippen LogP contribution in [0.4, 0.5) is 0 Å². The predicted molar refractivity (Wildman–Crippen MR) is 80.8 cm³/mol. The zero-order valence-corrected chi connectivity index (χ0v) is 12.0. The molecule has 0 saturated carbocycles. The van der Waals surface area contributed by atoms with Crippen molar-refractivity contribution in [2.75, 3.05) is 5.75 Å². The van der Waals surface area contributed by atoms with Crippen molar-refractivity contribution in [3.8, 4) is 0 Å². The number of fused-ring (bicyclic) bond motifs is 3. The molecule has 4 nitrogen and oxygen atoms in total. The molecule has 21 heavy (non-hydrogen) atoms. The molecule has 0 radical (unpaired) electrons. The number of benzene rings is 2. The van der Waals surface area contributed by atoms with Gasteiger partial charge >= 0.3 is 0 Å². The normalized spacial score (nSPS) is 25.4. The van der Waals surface area contributed by atoms with Crippen LogP contribution in [-0.2, 0) is 9.84 Å². The van der Waals surface area contributed by atoms with E-state index in [1.807, 2.05) is 42.5 Å². The van der Waals surface area contributed by atoms with Crippen molar-refractivity contribution in [2.45, 2.75) is 10.9 Å². The van der Waals surface area contributed by atoms with Gasteiger partial charge in [-0.15, -0.1) is 0 Å². The molecule has 4 rings (SSSR count). The minimum atomic E-state index is -3.26. The number of hydrazone groups is 1. The lowest BCUT2D eigenvalue weighted by molar-refractivity contribution is 0.512. The molecule has 2 heterocycles. The molecule has 2 aromatic rings. The molecule has 2 unspecified atom stereocenters. The summed E-state index contributed by atoms with van der Waals surface area (Å²) in [6.07, 6.45) is 0. The van der Waals surface area contributed by atoms with Gasteiger partial charge in [-0.05, 0) is 11.6 Å². The van der Waals surface area contributed by atoms with Crippen LogP contribution in [-0.4, -0.2) is 19.9 Å². The van der Waals surface area contributed by atoms with Crippen LogP contribution in [0, 0.1) is 5.92 Å². The van der Waals surface area contributed by atoms with Gasteiger partial charge in [0.25, 0.3) is 0 Å². The van der Waals surface area contributed by atoms with Gasteiger partial charge < -0.3 is 5.43 Å². The highest BCUT2D eigenvalue weighted by atomic mass is 32.2. The van der Waals surface area contributed by atoms with E-state index in [2.05, 4.69) is 10.5 Å². The zero-order valence-electron chi connectivity index (χ0n) is 11.2. The van der Waals surface area contributed by atoms with Gasteiger partial charge in [0.2, 0.25) is 0 Å². The number of sulfone groups is 1. The second-order valence-electron chi connectivity index (χ2n) is 5.40. The SMILES string of the molecule is O=S1(=O)CC2C(=NNC2c2ccccc2)c2ccccc21. The predicted octanol–water partition coefficient (Wildman–Crippen LogP) is 2.14. The monoisotopic (exact) mass is 298 g/mol. The van der Waals surface area contributed by atoms with E-state index in [0.29, 0.717) is 4.90 Å². The first-order chi connectivity index (χ1) is 10.2. The molecule has 0 saturated heterocycles. The fraction of sp³-hybridized carbons (Fsp3) is 0.188. The molecule has 2 atom stereocenters. The van der Waals surface area contributed by atoms with Gasteiger partial charge in [0.15, 0.2) is 9.84 Å². The Kier molecular flexibility index (Phi) is 2.65. The Labute approximate surface area is 123 Å². The van der Waals surface area contributed by atoms with Crippen LogP contribution in [0.3, 0.4) is 0 Å². The summed E-state index contributed by atoms with van der Waals surface area (Å²) >= 11 is 0. The maximum Gasteiger partial charge on any atom is 0.179 e. The molecule has 0 spiro atoms. The molecular weight excluding hydrogens is 284 g/mol. The van der Waals surface area contributed by atoms with Crippen molar-refractivity contribution < 1.29 is 8.42 Å². The van der Waals surface area contributed by atoms with Crippen molar-refractivity contribution in [3.05, 3.63) is 65.7 Å². The van der Waals surface area contributed by atoms with Gasteiger partial charge in [-0.2, -0.15) is 5.10 Å². The van der Waals surface area contributed by atoms with Crippen LogP contribution in [0.25, 0.3) is 0 Å². The summed E-state index contributed by atoms with van der Waals surface area (Å²) in [6, 6.07) is 16.9. The molecular formula is C16H14N2O2S. The molecule has 2 aromatic carbocycles. The first-order valence-electron chi connectivity index (χ1n) is 6.87. The van der Waals surface area contributed by atoms with E-state index in [1.165, 1.54) is 0 Å². The third-order valence-electron chi connectivity index (χ3n) is 4.13. The second-order valence-corrected chi connectivity index (χ2v) is 7.40. The second kappa shape index (κ2) is 4.43. The number of nitrogens with zero attached hydrogens (tertiary/aromatic N) is 1. The van der Waals surface area contributed by atoms with Crippen LogP contribution in [0.2, 0.25) is 0 Å². The van der Waals surface area contributed by atoms with Crippen LogP contribution in [0.1, 0.15) is 17.2 Å². The van der Waals surface area contributed by atoms with Gasteiger partial charge in [0.1, 0.15) is 0 Å². The average Bonchev–Trinajstić information content (AvgIpc) is 2.91. The Bertz CT molecular complexity index is 828. The fourth-order valence-electron chi connectivity index (χ4n) is 3.15. The molecule has 5 heteroatoms. The van der Waals surface area contributed by atoms with E-state index in [9.17, 15) is 8.42 Å². The summed E-state index contributed by atoms with van der Waals surface area (Å²) in [5, 5.41) is 4.42. The first-order valence-corrected chi connectivity index (χ1v) is 8.52. The smallest absolute Gasteiger partial charge is 0.179 e.